The van der Waals surface area contributed by atoms with Crippen LogP contribution in [0.3, 0.4) is 0 Å². The zero-order valence-corrected chi connectivity index (χ0v) is 16.1. The second kappa shape index (κ2) is 7.67. The summed E-state index contributed by atoms with van der Waals surface area (Å²) in [4.78, 5) is 5.71. The van der Waals surface area contributed by atoms with Crippen molar-refractivity contribution in [1.29, 1.82) is 0 Å². The molecule has 128 valence electrons. The summed E-state index contributed by atoms with van der Waals surface area (Å²) in [5, 5.41) is 14.9. The number of aromatic hydroxyl groups is 1. The van der Waals surface area contributed by atoms with Crippen LogP contribution in [0.4, 0.5) is 5.13 Å². The van der Waals surface area contributed by atoms with Crippen LogP contribution in [0.25, 0.3) is 11.3 Å². The lowest BCUT2D eigenvalue weighted by Gasteiger charge is -2.06. The second-order valence-electron chi connectivity index (χ2n) is 5.18. The fraction of sp³-hybridized carbons (Fsp3) is 0.111. The van der Waals surface area contributed by atoms with E-state index in [9.17, 15) is 5.11 Å². The van der Waals surface area contributed by atoms with Gasteiger partial charge in [0.05, 0.1) is 23.5 Å². The number of methoxy groups -OCH3 is 1. The lowest BCUT2D eigenvalue weighted by atomic mass is 10.1. The number of thiazole rings is 1. The number of halogens is 1. The van der Waals surface area contributed by atoms with E-state index in [2.05, 4.69) is 31.4 Å². The molecule has 0 radical (unpaired) electrons. The molecule has 0 amide bonds. The van der Waals surface area contributed by atoms with Gasteiger partial charge in [-0.2, -0.15) is 5.10 Å². The van der Waals surface area contributed by atoms with Crippen LogP contribution in [0.1, 0.15) is 10.4 Å². The number of rotatable bonds is 5. The third-order valence-electron chi connectivity index (χ3n) is 3.54. The largest absolute Gasteiger partial charge is 0.503 e. The summed E-state index contributed by atoms with van der Waals surface area (Å²) < 4.78 is 5.59. The zero-order valence-electron chi connectivity index (χ0n) is 13.7. The van der Waals surface area contributed by atoms with Gasteiger partial charge in [0.25, 0.3) is 0 Å². The molecule has 3 aromatic rings. The minimum Gasteiger partial charge on any atom is -0.503 e. The smallest absolute Gasteiger partial charge is 0.204 e. The van der Waals surface area contributed by atoms with E-state index in [1.54, 1.807) is 29.7 Å². The quantitative estimate of drug-likeness (QED) is 0.450. The summed E-state index contributed by atoms with van der Waals surface area (Å²) >= 11 is 4.88. The van der Waals surface area contributed by atoms with Crippen molar-refractivity contribution in [3.05, 3.63) is 57.4 Å². The third-order valence-corrected chi connectivity index (χ3v) is 5.25. The number of aryl methyl sites for hydroxylation is 1. The highest BCUT2D eigenvalue weighted by Crippen LogP contribution is 2.36. The first kappa shape index (κ1) is 17.4. The Morgan fingerprint density at radius 1 is 1.24 bits per heavy atom. The molecule has 5 nitrogen and oxygen atoms in total. The molecule has 0 aliphatic rings. The minimum atomic E-state index is 0.0444. The van der Waals surface area contributed by atoms with Crippen molar-refractivity contribution in [3.63, 3.8) is 0 Å². The molecule has 0 saturated carbocycles. The number of aromatic nitrogens is 1. The fourth-order valence-electron chi connectivity index (χ4n) is 2.29. The number of phenolic OH excluding ortho intramolecular Hbond substituents is 1. The molecule has 0 fully saturated rings. The molecule has 3 rings (SSSR count). The van der Waals surface area contributed by atoms with Gasteiger partial charge in [-0.05, 0) is 35.0 Å². The van der Waals surface area contributed by atoms with Gasteiger partial charge in [0.2, 0.25) is 5.13 Å². The van der Waals surface area contributed by atoms with Gasteiger partial charge in [-0.15, -0.1) is 11.3 Å². The number of hydrazone groups is 1. The summed E-state index contributed by atoms with van der Waals surface area (Å²) in [5.41, 5.74) is 5.70. The van der Waals surface area contributed by atoms with Crippen molar-refractivity contribution < 1.29 is 9.84 Å². The fourth-order valence-corrected chi connectivity index (χ4v) is 3.51. The van der Waals surface area contributed by atoms with Gasteiger partial charge in [0.1, 0.15) is 0 Å². The molecule has 0 aliphatic carbocycles. The van der Waals surface area contributed by atoms with Gasteiger partial charge >= 0.3 is 0 Å². The predicted molar refractivity (Wildman–Crippen MR) is 106 cm³/mol. The van der Waals surface area contributed by atoms with Crippen LogP contribution in [0.5, 0.6) is 11.5 Å². The van der Waals surface area contributed by atoms with E-state index >= 15 is 0 Å². The van der Waals surface area contributed by atoms with Gasteiger partial charge in [-0.1, -0.05) is 30.3 Å². The van der Waals surface area contributed by atoms with Crippen LogP contribution in [-0.4, -0.2) is 23.4 Å². The van der Waals surface area contributed by atoms with Crippen molar-refractivity contribution >= 4 is 38.6 Å². The lowest BCUT2D eigenvalue weighted by Crippen LogP contribution is -1.93. The number of hydrogen-bond donors (Lipinski definition) is 2. The van der Waals surface area contributed by atoms with E-state index in [1.807, 2.05) is 37.3 Å². The Bertz CT molecular complexity index is 910. The van der Waals surface area contributed by atoms with E-state index in [0.29, 0.717) is 15.4 Å². The molecule has 0 aliphatic heterocycles. The SMILES string of the molecule is COc1ccc(/C=N\Nc2nc(-c3ccccc3)c(C)s2)c(Br)c1O. The summed E-state index contributed by atoms with van der Waals surface area (Å²) in [5.74, 6) is 0.447. The number of phenols is 1. The zero-order chi connectivity index (χ0) is 17.8. The number of anilines is 1. The van der Waals surface area contributed by atoms with E-state index in [1.165, 1.54) is 7.11 Å². The van der Waals surface area contributed by atoms with Crippen molar-refractivity contribution in [2.75, 3.05) is 12.5 Å². The first-order valence-electron chi connectivity index (χ1n) is 7.47. The monoisotopic (exact) mass is 417 g/mol. The average molecular weight is 418 g/mol. The van der Waals surface area contributed by atoms with Crippen LogP contribution in [0.15, 0.2) is 52.0 Å². The highest BCUT2D eigenvalue weighted by molar-refractivity contribution is 9.10. The molecule has 2 N–H and O–H groups in total. The summed E-state index contributed by atoms with van der Waals surface area (Å²) in [6, 6.07) is 13.5. The topological polar surface area (TPSA) is 66.7 Å². The minimum absolute atomic E-state index is 0.0444. The molecular formula is C18H16BrN3O2S. The predicted octanol–water partition coefficient (Wildman–Crippen LogP) is 5.04. The molecule has 0 atom stereocenters. The number of nitrogens with zero attached hydrogens (tertiary/aromatic N) is 2. The highest BCUT2D eigenvalue weighted by Gasteiger charge is 2.10. The Balaban J connectivity index is 1.76. The average Bonchev–Trinajstić information content (AvgIpc) is 3.00. The number of nitrogens with one attached hydrogen (secondary N) is 1. The van der Waals surface area contributed by atoms with Gasteiger partial charge < -0.3 is 9.84 Å². The first-order chi connectivity index (χ1) is 12.1. The lowest BCUT2D eigenvalue weighted by molar-refractivity contribution is 0.372. The van der Waals surface area contributed by atoms with Crippen molar-refractivity contribution in [2.45, 2.75) is 6.92 Å². The molecular weight excluding hydrogens is 402 g/mol. The summed E-state index contributed by atoms with van der Waals surface area (Å²) in [6.07, 6.45) is 1.61. The Morgan fingerprint density at radius 2 is 2.00 bits per heavy atom. The van der Waals surface area contributed by atoms with Crippen molar-refractivity contribution in [3.8, 4) is 22.8 Å². The van der Waals surface area contributed by atoms with Crippen LogP contribution < -0.4 is 10.2 Å². The number of benzene rings is 2. The molecule has 0 spiro atoms. The Morgan fingerprint density at radius 3 is 2.72 bits per heavy atom. The van der Waals surface area contributed by atoms with E-state index < -0.39 is 0 Å². The maximum Gasteiger partial charge on any atom is 0.204 e. The standard InChI is InChI=1S/C18H16BrN3O2S/c1-11-16(12-6-4-3-5-7-12)21-18(25-11)22-20-10-13-8-9-14(24-2)17(23)15(13)19/h3-10,23H,1-2H3,(H,21,22)/b20-10-. The highest BCUT2D eigenvalue weighted by atomic mass is 79.9. The summed E-state index contributed by atoms with van der Waals surface area (Å²) in [7, 11) is 1.51. The first-order valence-corrected chi connectivity index (χ1v) is 9.08. The van der Waals surface area contributed by atoms with Crippen LogP contribution >= 0.6 is 27.3 Å². The van der Waals surface area contributed by atoms with Crippen LogP contribution in [0, 0.1) is 6.92 Å². The van der Waals surface area contributed by atoms with Gasteiger partial charge in [0, 0.05) is 16.0 Å². The maximum atomic E-state index is 10.00. The molecule has 7 heteroatoms. The van der Waals surface area contributed by atoms with E-state index in [0.717, 1.165) is 21.7 Å². The van der Waals surface area contributed by atoms with Crippen LogP contribution in [-0.2, 0) is 0 Å². The van der Waals surface area contributed by atoms with Crippen molar-refractivity contribution in [2.24, 2.45) is 5.10 Å². The Hall–Kier alpha value is -2.38. The van der Waals surface area contributed by atoms with Gasteiger partial charge in [-0.3, -0.25) is 5.43 Å². The Labute approximate surface area is 158 Å². The van der Waals surface area contributed by atoms with Crippen LogP contribution in [0.2, 0.25) is 0 Å². The van der Waals surface area contributed by atoms with Gasteiger partial charge in [0.15, 0.2) is 11.5 Å². The molecule has 0 bridgehead atoms. The maximum absolute atomic E-state index is 10.00. The molecule has 0 unspecified atom stereocenters. The second-order valence-corrected chi connectivity index (χ2v) is 7.18. The normalized spacial score (nSPS) is 11.0. The Kier molecular flexibility index (Phi) is 5.35. The van der Waals surface area contributed by atoms with Gasteiger partial charge in [-0.25, -0.2) is 4.98 Å². The van der Waals surface area contributed by atoms with Crippen molar-refractivity contribution in [1.82, 2.24) is 4.98 Å². The van der Waals surface area contributed by atoms with E-state index in [-0.39, 0.29) is 5.75 Å². The molecule has 1 aromatic heterocycles. The van der Waals surface area contributed by atoms with E-state index in [4.69, 9.17) is 4.74 Å². The molecule has 25 heavy (non-hydrogen) atoms. The summed E-state index contributed by atoms with van der Waals surface area (Å²) in [6.45, 7) is 2.03. The molecule has 1 heterocycles. The number of ether oxygens (including phenoxy) is 1. The molecule has 2 aromatic carbocycles. The third kappa shape index (κ3) is 3.83. The number of hydrogen-bond acceptors (Lipinski definition) is 6. The molecule has 0 saturated heterocycles.